The largest absolute Gasteiger partial charge is 0.394 e. The molecule has 2 aromatic rings. The van der Waals surface area contributed by atoms with Crippen molar-refractivity contribution < 1.29 is 15.0 Å². The molecule has 0 spiro atoms. The van der Waals surface area contributed by atoms with Crippen LogP contribution in [0.1, 0.15) is 10.4 Å². The number of hydrogen-bond donors (Lipinski definition) is 3. The Kier molecular flexibility index (Phi) is 4.87. The summed E-state index contributed by atoms with van der Waals surface area (Å²) in [7, 11) is 0. The molecule has 0 aliphatic heterocycles. The summed E-state index contributed by atoms with van der Waals surface area (Å²) in [6.07, 6.45) is 0. The predicted octanol–water partition coefficient (Wildman–Crippen LogP) is 1.44. The van der Waals surface area contributed by atoms with Crippen LogP contribution in [-0.2, 0) is 0 Å². The Morgan fingerprint density at radius 2 is 1.45 bits per heavy atom. The highest BCUT2D eigenvalue weighted by Gasteiger charge is 2.11. The van der Waals surface area contributed by atoms with E-state index in [0.717, 1.165) is 11.1 Å². The zero-order chi connectivity index (χ0) is 14.4. The summed E-state index contributed by atoms with van der Waals surface area (Å²) in [5.74, 6) is -0.308. The van der Waals surface area contributed by atoms with Gasteiger partial charge in [-0.2, -0.15) is 0 Å². The molecule has 0 heterocycles. The standard InChI is InChI=1S/C16H17NO3/c18-10-15(11-19)17-16(20)14-8-6-13(7-9-14)12-4-2-1-3-5-12/h1-9,15,18-19H,10-11H2,(H,17,20). The van der Waals surface area contributed by atoms with Crippen molar-refractivity contribution in [3.8, 4) is 11.1 Å². The lowest BCUT2D eigenvalue weighted by Gasteiger charge is -2.13. The lowest BCUT2D eigenvalue weighted by molar-refractivity contribution is 0.0879. The molecule has 20 heavy (non-hydrogen) atoms. The van der Waals surface area contributed by atoms with Crippen LogP contribution in [0.15, 0.2) is 54.6 Å². The zero-order valence-corrected chi connectivity index (χ0v) is 11.0. The maximum absolute atomic E-state index is 11.9. The second kappa shape index (κ2) is 6.84. The third-order valence-electron chi connectivity index (χ3n) is 3.03. The first-order chi connectivity index (χ1) is 9.74. The highest BCUT2D eigenvalue weighted by Crippen LogP contribution is 2.19. The Morgan fingerprint density at radius 1 is 0.900 bits per heavy atom. The molecule has 0 saturated heterocycles. The molecule has 0 atom stereocenters. The van der Waals surface area contributed by atoms with Crippen LogP contribution in [0.5, 0.6) is 0 Å². The summed E-state index contributed by atoms with van der Waals surface area (Å²) in [6, 6.07) is 16.4. The highest BCUT2D eigenvalue weighted by molar-refractivity contribution is 5.94. The van der Waals surface area contributed by atoms with E-state index in [2.05, 4.69) is 5.32 Å². The first-order valence-electron chi connectivity index (χ1n) is 6.42. The normalized spacial score (nSPS) is 10.6. The van der Waals surface area contributed by atoms with E-state index in [1.165, 1.54) is 0 Å². The van der Waals surface area contributed by atoms with Gasteiger partial charge in [-0.1, -0.05) is 42.5 Å². The molecule has 4 nitrogen and oxygen atoms in total. The number of nitrogens with one attached hydrogen (secondary N) is 1. The second-order valence-corrected chi connectivity index (χ2v) is 4.48. The summed E-state index contributed by atoms with van der Waals surface area (Å²) in [5.41, 5.74) is 2.61. The van der Waals surface area contributed by atoms with Crippen LogP contribution in [0.25, 0.3) is 11.1 Å². The molecule has 1 amide bonds. The Labute approximate surface area is 117 Å². The van der Waals surface area contributed by atoms with E-state index in [9.17, 15) is 4.79 Å². The van der Waals surface area contributed by atoms with Gasteiger partial charge < -0.3 is 15.5 Å². The monoisotopic (exact) mass is 271 g/mol. The maximum atomic E-state index is 11.9. The Morgan fingerprint density at radius 3 is 2.00 bits per heavy atom. The minimum atomic E-state index is -0.628. The molecule has 0 unspecified atom stereocenters. The molecule has 0 aliphatic carbocycles. The van der Waals surface area contributed by atoms with Gasteiger partial charge in [-0.25, -0.2) is 0 Å². The van der Waals surface area contributed by atoms with Gasteiger partial charge in [0.25, 0.3) is 5.91 Å². The van der Waals surface area contributed by atoms with Gasteiger partial charge in [-0.3, -0.25) is 4.79 Å². The van der Waals surface area contributed by atoms with Crippen LogP contribution in [0.2, 0.25) is 0 Å². The third kappa shape index (κ3) is 3.44. The van der Waals surface area contributed by atoms with Crippen molar-refractivity contribution in [2.24, 2.45) is 0 Å². The Bertz CT molecular complexity index is 548. The topological polar surface area (TPSA) is 69.6 Å². The number of carbonyl (C=O) groups excluding carboxylic acids is 1. The van der Waals surface area contributed by atoms with E-state index < -0.39 is 6.04 Å². The van der Waals surface area contributed by atoms with Crippen LogP contribution in [0.4, 0.5) is 0 Å². The molecule has 0 fully saturated rings. The molecule has 0 radical (unpaired) electrons. The predicted molar refractivity (Wildman–Crippen MR) is 77.3 cm³/mol. The maximum Gasteiger partial charge on any atom is 0.251 e. The molecule has 2 rings (SSSR count). The number of rotatable bonds is 5. The van der Waals surface area contributed by atoms with E-state index >= 15 is 0 Å². The second-order valence-electron chi connectivity index (χ2n) is 4.48. The summed E-state index contributed by atoms with van der Waals surface area (Å²) >= 11 is 0. The average Bonchev–Trinajstić information content (AvgIpc) is 2.53. The Hall–Kier alpha value is -2.17. The van der Waals surface area contributed by atoms with Gasteiger partial charge in [0.05, 0.1) is 19.3 Å². The van der Waals surface area contributed by atoms with Crippen LogP contribution in [0.3, 0.4) is 0 Å². The van der Waals surface area contributed by atoms with Crippen molar-refractivity contribution in [3.63, 3.8) is 0 Å². The van der Waals surface area contributed by atoms with Crippen LogP contribution in [0, 0.1) is 0 Å². The minimum Gasteiger partial charge on any atom is -0.394 e. The van der Waals surface area contributed by atoms with Gasteiger partial charge >= 0.3 is 0 Å². The lowest BCUT2D eigenvalue weighted by atomic mass is 10.0. The summed E-state index contributed by atoms with van der Waals surface area (Å²) in [4.78, 5) is 11.9. The molecule has 3 N–H and O–H groups in total. The number of aliphatic hydroxyl groups is 2. The van der Waals surface area contributed by atoms with Crippen LogP contribution in [-0.4, -0.2) is 35.4 Å². The number of hydrogen-bond acceptors (Lipinski definition) is 3. The van der Waals surface area contributed by atoms with Gasteiger partial charge in [0, 0.05) is 5.56 Å². The first kappa shape index (κ1) is 14.2. The summed E-state index contributed by atoms with van der Waals surface area (Å²) in [5, 5.41) is 20.4. The van der Waals surface area contributed by atoms with E-state index in [0.29, 0.717) is 5.56 Å². The van der Waals surface area contributed by atoms with Crippen molar-refractivity contribution in [3.05, 3.63) is 60.2 Å². The van der Waals surface area contributed by atoms with Crippen molar-refractivity contribution in [2.75, 3.05) is 13.2 Å². The van der Waals surface area contributed by atoms with Crippen LogP contribution >= 0.6 is 0 Å². The Balaban J connectivity index is 2.10. The van der Waals surface area contributed by atoms with Crippen LogP contribution < -0.4 is 5.32 Å². The highest BCUT2D eigenvalue weighted by atomic mass is 16.3. The van der Waals surface area contributed by atoms with Gasteiger partial charge in [-0.15, -0.1) is 0 Å². The third-order valence-corrected chi connectivity index (χ3v) is 3.03. The SMILES string of the molecule is O=C(NC(CO)CO)c1ccc(-c2ccccc2)cc1. The molecule has 104 valence electrons. The number of benzene rings is 2. The molecular formula is C16H17NO3. The van der Waals surface area contributed by atoms with Crippen molar-refractivity contribution in [2.45, 2.75) is 6.04 Å². The fraction of sp³-hybridized carbons (Fsp3) is 0.188. The molecule has 0 bridgehead atoms. The molecular weight excluding hydrogens is 254 g/mol. The van der Waals surface area contributed by atoms with Gasteiger partial charge in [-0.05, 0) is 23.3 Å². The van der Waals surface area contributed by atoms with Crippen molar-refractivity contribution in [1.82, 2.24) is 5.32 Å². The fourth-order valence-corrected chi connectivity index (χ4v) is 1.86. The van der Waals surface area contributed by atoms with Gasteiger partial charge in [0.1, 0.15) is 0 Å². The van der Waals surface area contributed by atoms with E-state index in [-0.39, 0.29) is 19.1 Å². The average molecular weight is 271 g/mol. The zero-order valence-electron chi connectivity index (χ0n) is 11.0. The molecule has 2 aromatic carbocycles. The number of carbonyl (C=O) groups is 1. The van der Waals surface area contributed by atoms with E-state index in [4.69, 9.17) is 10.2 Å². The van der Waals surface area contributed by atoms with Gasteiger partial charge in [0.15, 0.2) is 0 Å². The quantitative estimate of drug-likeness (QED) is 0.770. The first-order valence-corrected chi connectivity index (χ1v) is 6.42. The molecule has 0 saturated carbocycles. The number of amides is 1. The summed E-state index contributed by atoms with van der Waals surface area (Å²) < 4.78 is 0. The van der Waals surface area contributed by atoms with Crippen molar-refractivity contribution >= 4 is 5.91 Å². The smallest absolute Gasteiger partial charge is 0.251 e. The van der Waals surface area contributed by atoms with E-state index in [1.54, 1.807) is 12.1 Å². The molecule has 0 aromatic heterocycles. The molecule has 4 heteroatoms. The fourth-order valence-electron chi connectivity index (χ4n) is 1.86. The number of aliphatic hydroxyl groups excluding tert-OH is 2. The minimum absolute atomic E-state index is 0.287. The lowest BCUT2D eigenvalue weighted by Crippen LogP contribution is -2.40. The van der Waals surface area contributed by atoms with Crippen molar-refractivity contribution in [1.29, 1.82) is 0 Å². The van der Waals surface area contributed by atoms with Gasteiger partial charge in [0.2, 0.25) is 0 Å². The van der Waals surface area contributed by atoms with E-state index in [1.807, 2.05) is 42.5 Å². The molecule has 0 aliphatic rings. The summed E-state index contributed by atoms with van der Waals surface area (Å²) in [6.45, 7) is -0.575.